The highest BCUT2D eigenvalue weighted by Crippen LogP contribution is 2.27. The lowest BCUT2D eigenvalue weighted by molar-refractivity contribution is 0.0983. The lowest BCUT2D eigenvalue weighted by Crippen LogP contribution is -2.29. The highest BCUT2D eigenvalue weighted by molar-refractivity contribution is 6.05. The molecule has 2 aromatic heterocycles. The van der Waals surface area contributed by atoms with E-state index in [9.17, 15) is 4.79 Å². The van der Waals surface area contributed by atoms with Gasteiger partial charge in [0.1, 0.15) is 0 Å². The minimum absolute atomic E-state index is 0.00125. The molecule has 0 radical (unpaired) electrons. The van der Waals surface area contributed by atoms with Crippen LogP contribution in [0.15, 0.2) is 24.4 Å². The summed E-state index contributed by atoms with van der Waals surface area (Å²) in [5, 5.41) is 4.47. The van der Waals surface area contributed by atoms with Gasteiger partial charge >= 0.3 is 0 Å². The smallest absolute Gasteiger partial charge is 0.278 e. The molecule has 2 aromatic rings. The Labute approximate surface area is 117 Å². The summed E-state index contributed by atoms with van der Waals surface area (Å²) in [6, 6.07) is 5.79. The standard InChI is InChI=1S/C15H16N4O/c20-15(13-10-11-4-1-2-8-19(11)17-13)18-9-6-12-14(18)5-3-7-16-12/h3,5,7,10H,1-2,4,6,8-9H2. The molecule has 2 aliphatic heterocycles. The predicted molar refractivity (Wildman–Crippen MR) is 74.8 cm³/mol. The number of amides is 1. The Balaban J connectivity index is 1.67. The van der Waals surface area contributed by atoms with Gasteiger partial charge in [-0.2, -0.15) is 5.10 Å². The number of fused-ring (bicyclic) bond motifs is 2. The average Bonchev–Trinajstić information content (AvgIpc) is 3.10. The topological polar surface area (TPSA) is 51.0 Å². The van der Waals surface area contributed by atoms with Crippen molar-refractivity contribution in [1.82, 2.24) is 14.8 Å². The van der Waals surface area contributed by atoms with Crippen molar-refractivity contribution < 1.29 is 4.79 Å². The summed E-state index contributed by atoms with van der Waals surface area (Å²) in [7, 11) is 0. The minimum Gasteiger partial charge on any atom is -0.305 e. The Kier molecular flexibility index (Phi) is 2.58. The van der Waals surface area contributed by atoms with Crippen molar-refractivity contribution in [2.24, 2.45) is 0 Å². The van der Waals surface area contributed by atoms with Gasteiger partial charge < -0.3 is 4.90 Å². The molecule has 0 aliphatic carbocycles. The van der Waals surface area contributed by atoms with E-state index in [1.54, 1.807) is 11.1 Å². The number of nitrogens with zero attached hydrogens (tertiary/aromatic N) is 4. The Morgan fingerprint density at radius 3 is 3.05 bits per heavy atom. The van der Waals surface area contributed by atoms with Crippen LogP contribution in [0.1, 0.15) is 34.7 Å². The molecule has 0 unspecified atom stereocenters. The molecule has 0 bridgehead atoms. The van der Waals surface area contributed by atoms with E-state index in [-0.39, 0.29) is 5.91 Å². The highest BCUT2D eigenvalue weighted by Gasteiger charge is 2.28. The first-order chi connectivity index (χ1) is 9.83. The maximum Gasteiger partial charge on any atom is 0.278 e. The van der Waals surface area contributed by atoms with Crippen molar-refractivity contribution in [2.75, 3.05) is 11.4 Å². The zero-order valence-electron chi connectivity index (χ0n) is 11.2. The van der Waals surface area contributed by atoms with Crippen molar-refractivity contribution in [3.8, 4) is 0 Å². The van der Waals surface area contributed by atoms with E-state index in [0.29, 0.717) is 12.2 Å². The van der Waals surface area contributed by atoms with Crippen LogP contribution in [0, 0.1) is 0 Å². The summed E-state index contributed by atoms with van der Waals surface area (Å²) in [4.78, 5) is 18.8. The molecule has 20 heavy (non-hydrogen) atoms. The van der Waals surface area contributed by atoms with Gasteiger partial charge in [-0.05, 0) is 37.5 Å². The van der Waals surface area contributed by atoms with Crippen LogP contribution in [0.3, 0.4) is 0 Å². The maximum absolute atomic E-state index is 12.6. The monoisotopic (exact) mass is 268 g/mol. The number of hydrogen-bond donors (Lipinski definition) is 0. The number of hydrogen-bond acceptors (Lipinski definition) is 3. The van der Waals surface area contributed by atoms with Crippen LogP contribution in [0.25, 0.3) is 0 Å². The van der Waals surface area contributed by atoms with Crippen LogP contribution in [0.5, 0.6) is 0 Å². The van der Waals surface area contributed by atoms with E-state index in [4.69, 9.17) is 0 Å². The molecule has 4 heterocycles. The molecule has 2 aliphatic rings. The molecule has 0 atom stereocenters. The maximum atomic E-state index is 12.6. The van der Waals surface area contributed by atoms with E-state index < -0.39 is 0 Å². The lowest BCUT2D eigenvalue weighted by atomic mass is 10.1. The first kappa shape index (κ1) is 11.6. The second kappa shape index (κ2) is 4.44. The largest absolute Gasteiger partial charge is 0.305 e. The molecule has 0 spiro atoms. The Hall–Kier alpha value is -2.17. The fourth-order valence-corrected chi connectivity index (χ4v) is 3.08. The number of aromatic nitrogens is 3. The Morgan fingerprint density at radius 2 is 2.15 bits per heavy atom. The summed E-state index contributed by atoms with van der Waals surface area (Å²) >= 11 is 0. The van der Waals surface area contributed by atoms with E-state index in [1.165, 1.54) is 12.1 Å². The molecule has 5 heteroatoms. The van der Waals surface area contributed by atoms with E-state index in [2.05, 4.69) is 10.1 Å². The fraction of sp³-hybridized carbons (Fsp3) is 0.400. The average molecular weight is 268 g/mol. The predicted octanol–water partition coefficient (Wildman–Crippen LogP) is 1.82. The number of carbonyl (C=O) groups excluding carboxylic acids is 1. The van der Waals surface area contributed by atoms with Gasteiger partial charge in [-0.25, -0.2) is 0 Å². The van der Waals surface area contributed by atoms with Crippen LogP contribution in [-0.4, -0.2) is 27.2 Å². The third kappa shape index (κ3) is 1.73. The normalized spacial score (nSPS) is 16.9. The number of carbonyl (C=O) groups is 1. The van der Waals surface area contributed by atoms with Gasteiger partial charge in [0.15, 0.2) is 5.69 Å². The number of rotatable bonds is 1. The van der Waals surface area contributed by atoms with Gasteiger partial charge in [-0.15, -0.1) is 0 Å². The second-order valence-corrected chi connectivity index (χ2v) is 5.38. The second-order valence-electron chi connectivity index (χ2n) is 5.38. The third-order valence-corrected chi connectivity index (χ3v) is 4.11. The van der Waals surface area contributed by atoms with E-state index in [0.717, 1.165) is 37.2 Å². The van der Waals surface area contributed by atoms with Gasteiger partial charge in [-0.3, -0.25) is 14.5 Å². The zero-order valence-corrected chi connectivity index (χ0v) is 11.2. The number of pyridine rings is 1. The molecular formula is C15H16N4O. The summed E-state index contributed by atoms with van der Waals surface area (Å²) < 4.78 is 1.98. The summed E-state index contributed by atoms with van der Waals surface area (Å²) in [6.45, 7) is 1.63. The molecule has 0 aromatic carbocycles. The fourth-order valence-electron chi connectivity index (χ4n) is 3.08. The SMILES string of the molecule is O=C(c1cc2n(n1)CCCC2)N1CCc2ncccc21. The van der Waals surface area contributed by atoms with E-state index >= 15 is 0 Å². The molecule has 0 saturated carbocycles. The van der Waals surface area contributed by atoms with Crippen LogP contribution >= 0.6 is 0 Å². The van der Waals surface area contributed by atoms with Crippen molar-refractivity contribution >= 4 is 11.6 Å². The minimum atomic E-state index is -0.00125. The quantitative estimate of drug-likeness (QED) is 0.792. The lowest BCUT2D eigenvalue weighted by Gasteiger charge is -2.15. The van der Waals surface area contributed by atoms with Crippen LogP contribution in [-0.2, 0) is 19.4 Å². The highest BCUT2D eigenvalue weighted by atomic mass is 16.2. The third-order valence-electron chi connectivity index (χ3n) is 4.11. The zero-order chi connectivity index (χ0) is 13.5. The molecule has 1 amide bonds. The first-order valence-electron chi connectivity index (χ1n) is 7.15. The van der Waals surface area contributed by atoms with Crippen molar-refractivity contribution in [3.63, 3.8) is 0 Å². The van der Waals surface area contributed by atoms with Crippen LogP contribution in [0.2, 0.25) is 0 Å². The van der Waals surface area contributed by atoms with Crippen molar-refractivity contribution in [3.05, 3.63) is 41.5 Å². The molecule has 102 valence electrons. The molecule has 0 fully saturated rings. The van der Waals surface area contributed by atoms with Gasteiger partial charge in [0.05, 0.1) is 11.4 Å². The summed E-state index contributed by atoms with van der Waals surface area (Å²) in [5.74, 6) is -0.00125. The van der Waals surface area contributed by atoms with Gasteiger partial charge in [0.2, 0.25) is 0 Å². The van der Waals surface area contributed by atoms with E-state index in [1.807, 2.05) is 22.9 Å². The van der Waals surface area contributed by atoms with Gasteiger partial charge in [0, 0.05) is 31.4 Å². The first-order valence-corrected chi connectivity index (χ1v) is 7.15. The van der Waals surface area contributed by atoms with Crippen LogP contribution < -0.4 is 4.90 Å². The molecule has 4 rings (SSSR count). The van der Waals surface area contributed by atoms with Crippen LogP contribution in [0.4, 0.5) is 5.69 Å². The number of aryl methyl sites for hydroxylation is 2. The van der Waals surface area contributed by atoms with Gasteiger partial charge in [-0.1, -0.05) is 0 Å². The van der Waals surface area contributed by atoms with Crippen molar-refractivity contribution in [2.45, 2.75) is 32.2 Å². The summed E-state index contributed by atoms with van der Waals surface area (Å²) in [6.07, 6.45) is 5.98. The molecule has 0 saturated heterocycles. The van der Waals surface area contributed by atoms with Crippen molar-refractivity contribution in [1.29, 1.82) is 0 Å². The Bertz CT molecular complexity index is 653. The molecular weight excluding hydrogens is 252 g/mol. The molecule has 0 N–H and O–H groups in total. The molecule has 5 nitrogen and oxygen atoms in total. The summed E-state index contributed by atoms with van der Waals surface area (Å²) in [5.41, 5.74) is 3.69. The van der Waals surface area contributed by atoms with Gasteiger partial charge in [0.25, 0.3) is 5.91 Å². The Morgan fingerprint density at radius 1 is 1.20 bits per heavy atom. The number of anilines is 1.